The highest BCUT2D eigenvalue weighted by molar-refractivity contribution is 5.73. The fourth-order valence-corrected chi connectivity index (χ4v) is 2.42. The zero-order chi connectivity index (χ0) is 11.5. The molecule has 0 amide bonds. The van der Waals surface area contributed by atoms with Crippen LogP contribution >= 0.6 is 0 Å². The lowest BCUT2D eigenvalue weighted by Gasteiger charge is -2.37. The molecule has 0 aromatic rings. The van der Waals surface area contributed by atoms with Crippen LogP contribution in [0.25, 0.3) is 0 Å². The van der Waals surface area contributed by atoms with Gasteiger partial charge in [-0.1, -0.05) is 20.3 Å². The van der Waals surface area contributed by atoms with Crippen molar-refractivity contribution < 1.29 is 9.90 Å². The van der Waals surface area contributed by atoms with E-state index in [1.165, 1.54) is 19.3 Å². The minimum Gasteiger partial charge on any atom is -0.480 e. The Morgan fingerprint density at radius 3 is 2.47 bits per heavy atom. The van der Waals surface area contributed by atoms with Crippen LogP contribution in [0.1, 0.15) is 52.4 Å². The highest BCUT2D eigenvalue weighted by Gasteiger charge is 2.30. The van der Waals surface area contributed by atoms with E-state index in [0.717, 1.165) is 12.8 Å². The van der Waals surface area contributed by atoms with Crippen LogP contribution in [0.5, 0.6) is 0 Å². The number of rotatable bonds is 4. The second-order valence-electron chi connectivity index (χ2n) is 5.29. The lowest BCUT2D eigenvalue weighted by atomic mass is 9.69. The summed E-state index contributed by atoms with van der Waals surface area (Å²) in [6.45, 7) is 4.57. The van der Waals surface area contributed by atoms with Crippen molar-refractivity contribution in [3.63, 3.8) is 0 Å². The minimum absolute atomic E-state index is 0.490. The van der Waals surface area contributed by atoms with E-state index >= 15 is 0 Å². The summed E-state index contributed by atoms with van der Waals surface area (Å²) in [7, 11) is 0. The summed E-state index contributed by atoms with van der Waals surface area (Å²) in [5.74, 6) is -0.338. The molecule has 0 aromatic carbocycles. The summed E-state index contributed by atoms with van der Waals surface area (Å²) in [4.78, 5) is 10.6. The van der Waals surface area contributed by atoms with E-state index in [-0.39, 0.29) is 0 Å². The van der Waals surface area contributed by atoms with Gasteiger partial charge in [-0.15, -0.1) is 0 Å². The molecule has 1 saturated carbocycles. The summed E-state index contributed by atoms with van der Waals surface area (Å²) in [5.41, 5.74) is 6.04. The van der Waals surface area contributed by atoms with Gasteiger partial charge in [0.2, 0.25) is 0 Å². The second kappa shape index (κ2) is 4.97. The molecule has 0 saturated heterocycles. The van der Waals surface area contributed by atoms with Crippen LogP contribution in [-0.4, -0.2) is 17.1 Å². The molecule has 3 heteroatoms. The van der Waals surface area contributed by atoms with Crippen molar-refractivity contribution in [1.82, 2.24) is 0 Å². The first-order valence-electron chi connectivity index (χ1n) is 5.95. The van der Waals surface area contributed by atoms with Gasteiger partial charge in [0, 0.05) is 0 Å². The van der Waals surface area contributed by atoms with Gasteiger partial charge in [0.1, 0.15) is 6.04 Å². The van der Waals surface area contributed by atoms with Crippen LogP contribution in [0.2, 0.25) is 0 Å². The van der Waals surface area contributed by atoms with Crippen LogP contribution in [0.15, 0.2) is 0 Å². The molecule has 1 fully saturated rings. The standard InChI is InChI=1S/C12H23NO2/c1-3-12(2)6-4-9(5-7-12)8-10(13)11(14)15/h9-10H,3-8,13H2,1-2H3,(H,14,15). The Kier molecular flexibility index (Phi) is 4.14. The molecule has 0 aliphatic heterocycles. The number of nitrogens with two attached hydrogens (primary N) is 1. The molecule has 0 bridgehead atoms. The zero-order valence-electron chi connectivity index (χ0n) is 9.83. The average molecular weight is 213 g/mol. The maximum absolute atomic E-state index is 10.6. The van der Waals surface area contributed by atoms with Gasteiger partial charge in [0.05, 0.1) is 0 Å². The Hall–Kier alpha value is -0.570. The van der Waals surface area contributed by atoms with Gasteiger partial charge in [-0.2, -0.15) is 0 Å². The highest BCUT2D eigenvalue weighted by Crippen LogP contribution is 2.42. The maximum atomic E-state index is 10.6. The smallest absolute Gasteiger partial charge is 0.320 e. The van der Waals surface area contributed by atoms with Crippen LogP contribution in [0.3, 0.4) is 0 Å². The van der Waals surface area contributed by atoms with Gasteiger partial charge in [0.25, 0.3) is 0 Å². The molecule has 1 aliphatic rings. The summed E-state index contributed by atoms with van der Waals surface area (Å²) in [6.07, 6.45) is 6.61. The first-order valence-corrected chi connectivity index (χ1v) is 5.95. The molecule has 1 rings (SSSR count). The molecule has 0 heterocycles. The lowest BCUT2D eigenvalue weighted by Crippen LogP contribution is -2.34. The number of carboxylic acids is 1. The number of hydrogen-bond donors (Lipinski definition) is 2. The Balaban J connectivity index is 2.35. The van der Waals surface area contributed by atoms with Crippen LogP contribution in [0, 0.1) is 11.3 Å². The quantitative estimate of drug-likeness (QED) is 0.753. The molecule has 15 heavy (non-hydrogen) atoms. The Bertz CT molecular complexity index is 220. The predicted octanol–water partition coefficient (Wildman–Crippen LogP) is 2.39. The molecule has 0 aromatic heterocycles. The lowest BCUT2D eigenvalue weighted by molar-refractivity contribution is -0.139. The third-order valence-electron chi connectivity index (χ3n) is 4.07. The van der Waals surface area contributed by atoms with E-state index in [2.05, 4.69) is 13.8 Å². The third kappa shape index (κ3) is 3.49. The normalized spacial score (nSPS) is 33.7. The van der Waals surface area contributed by atoms with Gasteiger partial charge in [0.15, 0.2) is 0 Å². The Labute approximate surface area is 92.0 Å². The van der Waals surface area contributed by atoms with Gasteiger partial charge in [-0.25, -0.2) is 0 Å². The molecular formula is C12H23NO2. The van der Waals surface area contributed by atoms with E-state index in [1.54, 1.807) is 0 Å². The fourth-order valence-electron chi connectivity index (χ4n) is 2.42. The average Bonchev–Trinajstić information content (AvgIpc) is 2.21. The van der Waals surface area contributed by atoms with Crippen LogP contribution in [-0.2, 0) is 4.79 Å². The fraction of sp³-hybridized carbons (Fsp3) is 0.917. The number of aliphatic carboxylic acids is 1. The van der Waals surface area contributed by atoms with Crippen molar-refractivity contribution in [2.45, 2.75) is 58.4 Å². The first-order chi connectivity index (χ1) is 6.97. The molecule has 1 atom stereocenters. The van der Waals surface area contributed by atoms with Gasteiger partial charge in [-0.05, 0) is 43.4 Å². The van der Waals surface area contributed by atoms with E-state index in [1.807, 2.05) is 0 Å². The molecule has 3 nitrogen and oxygen atoms in total. The topological polar surface area (TPSA) is 63.3 Å². The predicted molar refractivity (Wildman–Crippen MR) is 60.6 cm³/mol. The Morgan fingerprint density at radius 2 is 2.07 bits per heavy atom. The number of hydrogen-bond acceptors (Lipinski definition) is 2. The van der Waals surface area contributed by atoms with Gasteiger partial charge >= 0.3 is 5.97 Å². The summed E-state index contributed by atoms with van der Waals surface area (Å²) in [6, 6.07) is -0.666. The van der Waals surface area contributed by atoms with Crippen LogP contribution < -0.4 is 5.73 Å². The van der Waals surface area contributed by atoms with Crippen molar-refractivity contribution in [3.8, 4) is 0 Å². The van der Waals surface area contributed by atoms with Crippen molar-refractivity contribution in [1.29, 1.82) is 0 Å². The molecular weight excluding hydrogens is 190 g/mol. The molecule has 0 radical (unpaired) electrons. The van der Waals surface area contributed by atoms with E-state index in [4.69, 9.17) is 10.8 Å². The van der Waals surface area contributed by atoms with Crippen molar-refractivity contribution >= 4 is 5.97 Å². The summed E-state index contributed by atoms with van der Waals surface area (Å²) < 4.78 is 0. The third-order valence-corrected chi connectivity index (χ3v) is 4.07. The molecule has 88 valence electrons. The largest absolute Gasteiger partial charge is 0.480 e. The van der Waals surface area contributed by atoms with E-state index < -0.39 is 12.0 Å². The minimum atomic E-state index is -0.862. The van der Waals surface area contributed by atoms with Crippen LogP contribution in [0.4, 0.5) is 0 Å². The molecule has 0 spiro atoms. The van der Waals surface area contributed by atoms with Crippen molar-refractivity contribution in [3.05, 3.63) is 0 Å². The number of carbonyl (C=O) groups is 1. The van der Waals surface area contributed by atoms with Gasteiger partial charge in [-0.3, -0.25) is 4.79 Å². The Morgan fingerprint density at radius 1 is 1.53 bits per heavy atom. The zero-order valence-corrected chi connectivity index (χ0v) is 9.83. The van der Waals surface area contributed by atoms with Crippen molar-refractivity contribution in [2.75, 3.05) is 0 Å². The van der Waals surface area contributed by atoms with Crippen molar-refractivity contribution in [2.24, 2.45) is 17.1 Å². The van der Waals surface area contributed by atoms with E-state index in [9.17, 15) is 4.79 Å². The van der Waals surface area contributed by atoms with Gasteiger partial charge < -0.3 is 10.8 Å². The van der Waals surface area contributed by atoms with E-state index in [0.29, 0.717) is 17.8 Å². The SMILES string of the molecule is CCC1(C)CCC(CC(N)C(=O)O)CC1. The number of carboxylic acid groups (broad SMARTS) is 1. The second-order valence-corrected chi connectivity index (χ2v) is 5.29. The summed E-state index contributed by atoms with van der Waals surface area (Å²) >= 11 is 0. The molecule has 1 unspecified atom stereocenters. The monoisotopic (exact) mass is 213 g/mol. The maximum Gasteiger partial charge on any atom is 0.320 e. The highest BCUT2D eigenvalue weighted by atomic mass is 16.4. The molecule has 3 N–H and O–H groups in total. The summed E-state index contributed by atoms with van der Waals surface area (Å²) in [5, 5.41) is 8.74. The first kappa shape index (κ1) is 12.5. The molecule has 1 aliphatic carbocycles.